The molecule has 0 aliphatic carbocycles. The standard InChI is InChI=1S/C18H13N3O3/c22-16-9-8-11(10-19-16)18(23)21-13-5-3-7-15-17(13)20-12-4-1-2-6-14(12)24-15/h1-10,20H,(H,19,22)(H,21,23). The number of para-hydroxylation sites is 3. The molecule has 0 saturated carbocycles. The first-order chi connectivity index (χ1) is 11.7. The molecule has 4 rings (SSSR count). The van der Waals surface area contributed by atoms with Crippen LogP contribution in [0.2, 0.25) is 0 Å². The van der Waals surface area contributed by atoms with E-state index < -0.39 is 0 Å². The van der Waals surface area contributed by atoms with Gasteiger partial charge >= 0.3 is 0 Å². The van der Waals surface area contributed by atoms with Crippen LogP contribution >= 0.6 is 0 Å². The van der Waals surface area contributed by atoms with Crippen molar-refractivity contribution in [3.63, 3.8) is 0 Å². The maximum Gasteiger partial charge on any atom is 0.257 e. The molecule has 1 aliphatic rings. The Morgan fingerprint density at radius 3 is 2.62 bits per heavy atom. The van der Waals surface area contributed by atoms with E-state index in [-0.39, 0.29) is 11.5 Å². The Kier molecular flexibility index (Phi) is 3.28. The molecule has 1 aromatic heterocycles. The molecule has 0 fully saturated rings. The summed E-state index contributed by atoms with van der Waals surface area (Å²) < 4.78 is 5.86. The van der Waals surface area contributed by atoms with Crippen molar-refractivity contribution in [3.05, 3.63) is 76.7 Å². The fourth-order valence-corrected chi connectivity index (χ4v) is 2.51. The predicted octanol–water partition coefficient (Wildman–Crippen LogP) is 3.48. The number of hydrogen-bond acceptors (Lipinski definition) is 4. The molecule has 6 heteroatoms. The molecule has 0 radical (unpaired) electrons. The molecule has 6 nitrogen and oxygen atoms in total. The van der Waals surface area contributed by atoms with Crippen LogP contribution in [0.4, 0.5) is 17.1 Å². The van der Waals surface area contributed by atoms with Crippen LogP contribution in [-0.2, 0) is 0 Å². The Labute approximate surface area is 137 Å². The highest BCUT2D eigenvalue weighted by molar-refractivity contribution is 6.06. The predicted molar refractivity (Wildman–Crippen MR) is 91.3 cm³/mol. The van der Waals surface area contributed by atoms with Gasteiger partial charge in [-0.1, -0.05) is 18.2 Å². The van der Waals surface area contributed by atoms with E-state index >= 15 is 0 Å². The van der Waals surface area contributed by atoms with Crippen LogP contribution in [0.25, 0.3) is 0 Å². The van der Waals surface area contributed by atoms with E-state index in [0.29, 0.717) is 22.7 Å². The Hall–Kier alpha value is -3.54. The second-order valence-corrected chi connectivity index (χ2v) is 5.30. The number of ether oxygens (including phenoxy) is 1. The highest BCUT2D eigenvalue weighted by Crippen LogP contribution is 2.45. The van der Waals surface area contributed by atoms with Crippen LogP contribution in [0, 0.1) is 0 Å². The van der Waals surface area contributed by atoms with Gasteiger partial charge in [-0.25, -0.2) is 0 Å². The number of nitrogens with one attached hydrogen (secondary N) is 3. The van der Waals surface area contributed by atoms with Crippen molar-refractivity contribution >= 4 is 23.0 Å². The summed E-state index contributed by atoms with van der Waals surface area (Å²) in [5, 5.41) is 6.11. The van der Waals surface area contributed by atoms with Crippen molar-refractivity contribution in [2.75, 3.05) is 10.6 Å². The Morgan fingerprint density at radius 1 is 0.958 bits per heavy atom. The number of amides is 1. The lowest BCUT2D eigenvalue weighted by molar-refractivity contribution is 0.102. The smallest absolute Gasteiger partial charge is 0.257 e. The van der Waals surface area contributed by atoms with Gasteiger partial charge in [0.05, 0.1) is 16.9 Å². The first-order valence-corrected chi connectivity index (χ1v) is 7.38. The average Bonchev–Trinajstić information content (AvgIpc) is 2.61. The Morgan fingerprint density at radius 2 is 1.79 bits per heavy atom. The summed E-state index contributed by atoms with van der Waals surface area (Å²) in [7, 11) is 0. The van der Waals surface area contributed by atoms with E-state index in [1.54, 1.807) is 12.1 Å². The van der Waals surface area contributed by atoms with Crippen molar-refractivity contribution in [2.24, 2.45) is 0 Å². The third kappa shape index (κ3) is 2.50. The molecule has 2 aromatic carbocycles. The monoisotopic (exact) mass is 319 g/mol. The van der Waals surface area contributed by atoms with Gasteiger partial charge in [0.25, 0.3) is 5.91 Å². The third-order valence-corrected chi connectivity index (χ3v) is 3.69. The van der Waals surface area contributed by atoms with Gasteiger partial charge in [0, 0.05) is 12.3 Å². The lowest BCUT2D eigenvalue weighted by Gasteiger charge is -2.23. The van der Waals surface area contributed by atoms with Crippen LogP contribution in [0.1, 0.15) is 10.4 Å². The number of aromatic amines is 1. The Balaban J connectivity index is 1.65. The molecule has 3 N–H and O–H groups in total. The summed E-state index contributed by atoms with van der Waals surface area (Å²) in [5.74, 6) is 1.04. The molecule has 0 unspecified atom stereocenters. The molecule has 3 aromatic rings. The van der Waals surface area contributed by atoms with Gasteiger partial charge in [-0.2, -0.15) is 0 Å². The molecular weight excluding hydrogens is 306 g/mol. The molecular formula is C18H13N3O3. The normalized spacial score (nSPS) is 11.5. The quantitative estimate of drug-likeness (QED) is 0.528. The van der Waals surface area contributed by atoms with Crippen LogP contribution in [0.15, 0.2) is 65.6 Å². The highest BCUT2D eigenvalue weighted by atomic mass is 16.5. The molecule has 118 valence electrons. The van der Waals surface area contributed by atoms with E-state index in [1.165, 1.54) is 18.3 Å². The van der Waals surface area contributed by atoms with Gasteiger partial charge in [0.1, 0.15) is 5.69 Å². The van der Waals surface area contributed by atoms with Crippen molar-refractivity contribution in [1.29, 1.82) is 0 Å². The molecule has 1 aliphatic heterocycles. The van der Waals surface area contributed by atoms with Gasteiger partial charge < -0.3 is 20.4 Å². The molecule has 1 amide bonds. The fraction of sp³-hybridized carbons (Fsp3) is 0. The third-order valence-electron chi connectivity index (χ3n) is 3.69. The summed E-state index contributed by atoms with van der Waals surface area (Å²) in [5.41, 5.74) is 2.22. The van der Waals surface area contributed by atoms with E-state index in [4.69, 9.17) is 4.74 Å². The molecule has 24 heavy (non-hydrogen) atoms. The lowest BCUT2D eigenvalue weighted by atomic mass is 10.1. The number of carbonyl (C=O) groups is 1. The summed E-state index contributed by atoms with van der Waals surface area (Å²) in [6, 6.07) is 15.8. The highest BCUT2D eigenvalue weighted by Gasteiger charge is 2.20. The van der Waals surface area contributed by atoms with Gasteiger partial charge in [-0.3, -0.25) is 9.59 Å². The molecule has 0 saturated heterocycles. The van der Waals surface area contributed by atoms with Crippen molar-refractivity contribution in [3.8, 4) is 11.5 Å². The number of hydrogen-bond donors (Lipinski definition) is 3. The van der Waals surface area contributed by atoms with Crippen LogP contribution in [-0.4, -0.2) is 10.9 Å². The SMILES string of the molecule is O=C(Nc1cccc2c1Nc1ccccc1O2)c1ccc(=O)[nH]c1. The number of benzene rings is 2. The second-order valence-electron chi connectivity index (χ2n) is 5.30. The number of aromatic nitrogens is 1. The molecule has 0 bridgehead atoms. The van der Waals surface area contributed by atoms with Crippen LogP contribution in [0.3, 0.4) is 0 Å². The lowest BCUT2D eigenvalue weighted by Crippen LogP contribution is -2.16. The molecule has 0 atom stereocenters. The first-order valence-electron chi connectivity index (χ1n) is 7.38. The second kappa shape index (κ2) is 5.58. The largest absolute Gasteiger partial charge is 0.453 e. The van der Waals surface area contributed by atoms with Gasteiger partial charge in [0.15, 0.2) is 11.5 Å². The minimum atomic E-state index is -0.319. The van der Waals surface area contributed by atoms with E-state index in [1.807, 2.05) is 30.3 Å². The van der Waals surface area contributed by atoms with Crippen LogP contribution in [0.5, 0.6) is 11.5 Å². The van der Waals surface area contributed by atoms with E-state index in [0.717, 1.165) is 11.4 Å². The number of fused-ring (bicyclic) bond motifs is 2. The Bertz CT molecular complexity index is 974. The van der Waals surface area contributed by atoms with Crippen molar-refractivity contribution < 1.29 is 9.53 Å². The number of carbonyl (C=O) groups excluding carboxylic acids is 1. The fourth-order valence-electron chi connectivity index (χ4n) is 2.51. The summed E-state index contributed by atoms with van der Waals surface area (Å²) in [6.07, 6.45) is 1.38. The zero-order valence-electron chi connectivity index (χ0n) is 12.5. The maximum atomic E-state index is 12.4. The summed E-state index contributed by atoms with van der Waals surface area (Å²) >= 11 is 0. The maximum absolute atomic E-state index is 12.4. The first kappa shape index (κ1) is 14.1. The summed E-state index contributed by atoms with van der Waals surface area (Å²) in [4.78, 5) is 25.9. The van der Waals surface area contributed by atoms with Crippen molar-refractivity contribution in [2.45, 2.75) is 0 Å². The minimum absolute atomic E-state index is 0.254. The zero-order chi connectivity index (χ0) is 16.5. The summed E-state index contributed by atoms with van der Waals surface area (Å²) in [6.45, 7) is 0. The number of pyridine rings is 1. The minimum Gasteiger partial charge on any atom is -0.453 e. The van der Waals surface area contributed by atoms with E-state index in [2.05, 4.69) is 15.6 Å². The zero-order valence-corrected chi connectivity index (χ0v) is 12.5. The molecule has 2 heterocycles. The van der Waals surface area contributed by atoms with Crippen LogP contribution < -0.4 is 20.9 Å². The van der Waals surface area contributed by atoms with Crippen molar-refractivity contribution in [1.82, 2.24) is 4.98 Å². The molecule has 0 spiro atoms. The number of rotatable bonds is 2. The topological polar surface area (TPSA) is 83.2 Å². The van der Waals surface area contributed by atoms with Gasteiger partial charge in [-0.15, -0.1) is 0 Å². The average molecular weight is 319 g/mol. The van der Waals surface area contributed by atoms with Gasteiger partial charge in [-0.05, 0) is 30.3 Å². The number of H-pyrrole nitrogens is 1. The number of anilines is 3. The van der Waals surface area contributed by atoms with Gasteiger partial charge in [0.2, 0.25) is 5.56 Å². The van der Waals surface area contributed by atoms with E-state index in [9.17, 15) is 9.59 Å².